The second-order valence-corrected chi connectivity index (χ2v) is 9.26. The van der Waals surface area contributed by atoms with Gasteiger partial charge in [-0.2, -0.15) is 4.39 Å². The number of carbonyl (C=O) groups excluding carboxylic acids is 1. The lowest BCUT2D eigenvalue weighted by atomic mass is 10.1. The van der Waals surface area contributed by atoms with Gasteiger partial charge in [0, 0.05) is 12.6 Å². The summed E-state index contributed by atoms with van der Waals surface area (Å²) in [6, 6.07) is 8.91. The maximum Gasteiger partial charge on any atom is 0.415 e. The Hall–Kier alpha value is -3.26. The minimum absolute atomic E-state index is 0.173. The molecule has 0 saturated carbocycles. The molecule has 1 aromatic carbocycles. The zero-order valence-electron chi connectivity index (χ0n) is 19.0. The van der Waals surface area contributed by atoms with Crippen LogP contribution in [0.3, 0.4) is 0 Å². The standard InChI is InChI=1S/C24H26FN3O3S/c1-15(7-12-21-26-18-10-9-17(30-6)14-19(18)32-21)13-16-8-11-20(27-22(16)25)28(5)23(29)31-24(2,3)4/h7-14H,1-6H3/b12-7+,15-13+. The van der Waals surface area contributed by atoms with E-state index in [9.17, 15) is 9.18 Å². The number of thiazole rings is 1. The number of ether oxygens (including phenoxy) is 2. The summed E-state index contributed by atoms with van der Waals surface area (Å²) in [6.45, 7) is 7.17. The van der Waals surface area contributed by atoms with E-state index in [0.717, 1.165) is 26.5 Å². The van der Waals surface area contributed by atoms with Gasteiger partial charge >= 0.3 is 6.09 Å². The fourth-order valence-electron chi connectivity index (χ4n) is 2.77. The van der Waals surface area contributed by atoms with Crippen LogP contribution in [0.25, 0.3) is 22.4 Å². The number of allylic oxidation sites excluding steroid dienone is 2. The lowest BCUT2D eigenvalue weighted by Crippen LogP contribution is -2.34. The number of pyridine rings is 1. The van der Waals surface area contributed by atoms with E-state index in [1.165, 1.54) is 11.9 Å². The highest BCUT2D eigenvalue weighted by Gasteiger charge is 2.21. The Kier molecular flexibility index (Phi) is 6.93. The van der Waals surface area contributed by atoms with Crippen LogP contribution in [0.15, 0.2) is 42.0 Å². The van der Waals surface area contributed by atoms with E-state index in [0.29, 0.717) is 5.56 Å². The Balaban J connectivity index is 1.74. The third-order valence-electron chi connectivity index (χ3n) is 4.36. The number of amides is 1. The first kappa shape index (κ1) is 23.4. The van der Waals surface area contributed by atoms with Crippen LogP contribution < -0.4 is 9.64 Å². The maximum absolute atomic E-state index is 14.6. The van der Waals surface area contributed by atoms with E-state index in [2.05, 4.69) is 9.97 Å². The number of methoxy groups -OCH3 is 1. The van der Waals surface area contributed by atoms with Crippen molar-refractivity contribution in [1.82, 2.24) is 9.97 Å². The molecule has 2 aromatic heterocycles. The van der Waals surface area contributed by atoms with Crippen molar-refractivity contribution in [3.63, 3.8) is 0 Å². The zero-order chi connectivity index (χ0) is 23.5. The van der Waals surface area contributed by atoms with E-state index in [4.69, 9.17) is 9.47 Å². The number of aromatic nitrogens is 2. The highest BCUT2D eigenvalue weighted by Crippen LogP contribution is 2.27. The van der Waals surface area contributed by atoms with Gasteiger partial charge in [-0.25, -0.2) is 14.8 Å². The molecule has 0 unspecified atom stereocenters. The molecule has 0 aliphatic carbocycles. The predicted molar refractivity (Wildman–Crippen MR) is 128 cm³/mol. The van der Waals surface area contributed by atoms with Crippen LogP contribution in [-0.4, -0.2) is 35.8 Å². The summed E-state index contributed by atoms with van der Waals surface area (Å²) < 4.78 is 26.1. The number of anilines is 1. The molecular weight excluding hydrogens is 429 g/mol. The van der Waals surface area contributed by atoms with E-state index >= 15 is 0 Å². The summed E-state index contributed by atoms with van der Waals surface area (Å²) in [5.74, 6) is 0.293. The molecule has 0 bridgehead atoms. The molecule has 0 saturated heterocycles. The number of hydrogen-bond donors (Lipinski definition) is 0. The van der Waals surface area contributed by atoms with Gasteiger partial charge in [0.05, 0.1) is 17.3 Å². The van der Waals surface area contributed by atoms with Crippen LogP contribution in [-0.2, 0) is 4.74 Å². The summed E-state index contributed by atoms with van der Waals surface area (Å²) in [6.07, 6.45) is 4.85. The number of fused-ring (bicyclic) bond motifs is 1. The topological polar surface area (TPSA) is 64.5 Å². The third-order valence-corrected chi connectivity index (χ3v) is 5.34. The molecule has 32 heavy (non-hydrogen) atoms. The van der Waals surface area contributed by atoms with Crippen molar-refractivity contribution < 1.29 is 18.7 Å². The van der Waals surface area contributed by atoms with Gasteiger partial charge in [0.15, 0.2) is 0 Å². The Bertz CT molecular complexity index is 1190. The van der Waals surface area contributed by atoms with Gasteiger partial charge in [0.2, 0.25) is 5.95 Å². The molecule has 3 aromatic rings. The average molecular weight is 456 g/mol. The second kappa shape index (κ2) is 9.48. The van der Waals surface area contributed by atoms with E-state index in [1.807, 2.05) is 37.3 Å². The molecule has 0 aliphatic heterocycles. The molecule has 8 heteroatoms. The van der Waals surface area contributed by atoms with Crippen molar-refractivity contribution in [3.8, 4) is 5.75 Å². The maximum atomic E-state index is 14.6. The second-order valence-electron chi connectivity index (χ2n) is 8.20. The minimum Gasteiger partial charge on any atom is -0.497 e. The van der Waals surface area contributed by atoms with Gasteiger partial charge in [-0.3, -0.25) is 4.90 Å². The third kappa shape index (κ3) is 5.91. The van der Waals surface area contributed by atoms with Gasteiger partial charge in [-0.05, 0) is 70.2 Å². The van der Waals surface area contributed by atoms with Gasteiger partial charge in [0.1, 0.15) is 22.2 Å². The molecule has 168 valence electrons. The molecule has 3 rings (SSSR count). The highest BCUT2D eigenvalue weighted by atomic mass is 32.1. The number of rotatable bonds is 5. The Morgan fingerprint density at radius 1 is 1.19 bits per heavy atom. The first-order valence-corrected chi connectivity index (χ1v) is 10.8. The molecule has 0 N–H and O–H groups in total. The highest BCUT2D eigenvalue weighted by molar-refractivity contribution is 7.19. The lowest BCUT2D eigenvalue weighted by Gasteiger charge is -2.24. The molecule has 1 amide bonds. The summed E-state index contributed by atoms with van der Waals surface area (Å²) in [4.78, 5) is 21.8. The van der Waals surface area contributed by atoms with Crippen molar-refractivity contribution in [2.24, 2.45) is 0 Å². The van der Waals surface area contributed by atoms with Crippen molar-refractivity contribution >= 4 is 45.6 Å². The summed E-state index contributed by atoms with van der Waals surface area (Å²) in [7, 11) is 3.13. The first-order chi connectivity index (χ1) is 15.1. The number of hydrogen-bond acceptors (Lipinski definition) is 6. The largest absolute Gasteiger partial charge is 0.497 e. The zero-order valence-corrected chi connectivity index (χ0v) is 19.8. The number of nitrogens with zero attached hydrogens (tertiary/aromatic N) is 3. The fraction of sp³-hybridized carbons (Fsp3) is 0.292. The van der Waals surface area contributed by atoms with Crippen LogP contribution in [0.5, 0.6) is 5.75 Å². The Morgan fingerprint density at radius 2 is 1.94 bits per heavy atom. The smallest absolute Gasteiger partial charge is 0.415 e. The molecule has 0 aliphatic rings. The van der Waals surface area contributed by atoms with Crippen LogP contribution in [0.2, 0.25) is 0 Å². The normalized spacial score (nSPS) is 12.4. The van der Waals surface area contributed by atoms with Gasteiger partial charge in [-0.1, -0.05) is 11.6 Å². The minimum atomic E-state index is -0.669. The average Bonchev–Trinajstić information content (AvgIpc) is 3.14. The summed E-state index contributed by atoms with van der Waals surface area (Å²) >= 11 is 1.55. The van der Waals surface area contributed by atoms with Crippen LogP contribution in [0.1, 0.15) is 38.3 Å². The monoisotopic (exact) mass is 455 g/mol. The SMILES string of the molecule is COc1ccc2nc(/C=C/C(C)=C/c3ccc(N(C)C(=O)OC(C)(C)C)nc3F)sc2c1. The molecule has 0 radical (unpaired) electrons. The Labute approximate surface area is 191 Å². The number of carbonyl (C=O) groups is 1. The molecule has 2 heterocycles. The van der Waals surface area contributed by atoms with Gasteiger partial charge < -0.3 is 9.47 Å². The van der Waals surface area contributed by atoms with Crippen LogP contribution in [0, 0.1) is 5.95 Å². The number of halogens is 1. The molecule has 0 atom stereocenters. The Morgan fingerprint density at radius 3 is 2.59 bits per heavy atom. The molecule has 0 spiro atoms. The van der Waals surface area contributed by atoms with Gasteiger partial charge in [-0.15, -0.1) is 11.3 Å². The fourth-order valence-corrected chi connectivity index (χ4v) is 3.67. The van der Waals surface area contributed by atoms with Crippen molar-refractivity contribution in [2.75, 3.05) is 19.1 Å². The van der Waals surface area contributed by atoms with Crippen molar-refractivity contribution in [3.05, 3.63) is 58.5 Å². The first-order valence-electron chi connectivity index (χ1n) is 10.00. The van der Waals surface area contributed by atoms with E-state index < -0.39 is 17.6 Å². The van der Waals surface area contributed by atoms with Crippen molar-refractivity contribution in [1.29, 1.82) is 0 Å². The van der Waals surface area contributed by atoms with Crippen molar-refractivity contribution in [2.45, 2.75) is 33.3 Å². The lowest BCUT2D eigenvalue weighted by molar-refractivity contribution is 0.0588. The van der Waals surface area contributed by atoms with Crippen LogP contribution >= 0.6 is 11.3 Å². The van der Waals surface area contributed by atoms with Gasteiger partial charge in [0.25, 0.3) is 0 Å². The van der Waals surface area contributed by atoms with E-state index in [1.54, 1.807) is 57.4 Å². The van der Waals surface area contributed by atoms with E-state index in [-0.39, 0.29) is 5.82 Å². The molecule has 6 nitrogen and oxygen atoms in total. The molecular formula is C24H26FN3O3S. The predicted octanol–water partition coefficient (Wildman–Crippen LogP) is 6.33. The quantitative estimate of drug-likeness (QED) is 0.332. The molecule has 0 fully saturated rings. The summed E-state index contributed by atoms with van der Waals surface area (Å²) in [5.41, 5.74) is 1.40. The van der Waals surface area contributed by atoms with Crippen LogP contribution in [0.4, 0.5) is 15.0 Å². The summed E-state index contributed by atoms with van der Waals surface area (Å²) in [5, 5.41) is 0.842. The number of benzene rings is 1.